The van der Waals surface area contributed by atoms with E-state index in [-0.39, 0.29) is 11.8 Å². The van der Waals surface area contributed by atoms with Crippen LogP contribution >= 0.6 is 0 Å². The lowest BCUT2D eigenvalue weighted by Gasteiger charge is -2.30. The second-order valence-electron chi connectivity index (χ2n) is 6.93. The summed E-state index contributed by atoms with van der Waals surface area (Å²) in [7, 11) is 3.60. The van der Waals surface area contributed by atoms with Crippen molar-refractivity contribution in [2.75, 3.05) is 6.54 Å². The number of aryl methyl sites for hydroxylation is 4. The van der Waals surface area contributed by atoms with E-state index in [2.05, 4.69) is 15.5 Å². The lowest BCUT2D eigenvalue weighted by atomic mass is 10.1. The molecule has 1 saturated heterocycles. The van der Waals surface area contributed by atoms with Crippen molar-refractivity contribution in [3.05, 3.63) is 34.9 Å². The molecule has 3 heterocycles. The molecule has 0 bridgehead atoms. The monoisotopic (exact) mass is 358 g/mol. The number of amides is 2. The molecule has 3 rings (SSSR count). The first kappa shape index (κ1) is 18.2. The zero-order valence-electron chi connectivity index (χ0n) is 15.8. The van der Waals surface area contributed by atoms with Crippen LogP contribution in [0.25, 0.3) is 0 Å². The highest BCUT2D eigenvalue weighted by Gasteiger charge is 2.33. The molecule has 0 radical (unpaired) electrons. The van der Waals surface area contributed by atoms with E-state index in [1.807, 2.05) is 27.0 Å². The number of rotatable bonds is 4. The van der Waals surface area contributed by atoms with Gasteiger partial charge in [0.15, 0.2) is 0 Å². The number of carbonyl (C=O) groups is 2. The molecular formula is C18H26N6O2. The Hall–Kier alpha value is -2.64. The molecule has 0 aromatic carbocycles. The highest BCUT2D eigenvalue weighted by atomic mass is 16.2. The number of nitrogens with zero attached hydrogens (tertiary/aromatic N) is 5. The third-order valence-corrected chi connectivity index (χ3v) is 4.80. The van der Waals surface area contributed by atoms with Gasteiger partial charge < -0.3 is 10.2 Å². The molecule has 0 aliphatic carbocycles. The van der Waals surface area contributed by atoms with Crippen molar-refractivity contribution in [1.29, 1.82) is 0 Å². The highest BCUT2D eigenvalue weighted by molar-refractivity contribution is 5.96. The van der Waals surface area contributed by atoms with Crippen molar-refractivity contribution in [3.63, 3.8) is 0 Å². The predicted molar refractivity (Wildman–Crippen MR) is 96.4 cm³/mol. The standard InChI is InChI=1S/C18H26N6O2/c1-12-9-14(22(3)20-12)11-24(15-7-5-6-8-19-17(15)25)18(26)16-10-13(2)21-23(16)4/h9-10,15H,5-8,11H2,1-4H3,(H,19,25)/t15-/m0/s1. The van der Waals surface area contributed by atoms with E-state index in [0.29, 0.717) is 25.2 Å². The summed E-state index contributed by atoms with van der Waals surface area (Å²) in [5.41, 5.74) is 3.04. The van der Waals surface area contributed by atoms with E-state index in [9.17, 15) is 9.59 Å². The highest BCUT2D eigenvalue weighted by Crippen LogP contribution is 2.20. The summed E-state index contributed by atoms with van der Waals surface area (Å²) in [5.74, 6) is -0.275. The first-order valence-corrected chi connectivity index (χ1v) is 8.95. The van der Waals surface area contributed by atoms with Crippen LogP contribution in [0.4, 0.5) is 0 Å². The summed E-state index contributed by atoms with van der Waals surface area (Å²) >= 11 is 0. The minimum absolute atomic E-state index is 0.0892. The zero-order valence-corrected chi connectivity index (χ0v) is 15.8. The summed E-state index contributed by atoms with van der Waals surface area (Å²) in [5, 5.41) is 11.6. The molecule has 0 unspecified atom stereocenters. The van der Waals surface area contributed by atoms with Crippen LogP contribution in [0.1, 0.15) is 46.8 Å². The molecule has 0 spiro atoms. The molecule has 1 aliphatic heterocycles. The van der Waals surface area contributed by atoms with Crippen molar-refractivity contribution in [2.45, 2.75) is 45.7 Å². The Bertz CT molecular complexity index is 822. The van der Waals surface area contributed by atoms with Gasteiger partial charge in [0.1, 0.15) is 11.7 Å². The van der Waals surface area contributed by atoms with Crippen LogP contribution in [0.2, 0.25) is 0 Å². The van der Waals surface area contributed by atoms with Crippen molar-refractivity contribution < 1.29 is 9.59 Å². The number of nitrogens with one attached hydrogen (secondary N) is 1. The summed E-state index contributed by atoms with van der Waals surface area (Å²) in [6, 6.07) is 3.22. The third-order valence-electron chi connectivity index (χ3n) is 4.80. The Balaban J connectivity index is 1.97. The van der Waals surface area contributed by atoms with Gasteiger partial charge in [-0.1, -0.05) is 0 Å². The second kappa shape index (κ2) is 7.31. The predicted octanol–water partition coefficient (Wildman–Crippen LogP) is 1.08. The topological polar surface area (TPSA) is 85.0 Å². The molecule has 8 heteroatoms. The lowest BCUT2D eigenvalue weighted by molar-refractivity contribution is -0.125. The minimum atomic E-state index is -0.490. The molecular weight excluding hydrogens is 332 g/mol. The van der Waals surface area contributed by atoms with E-state index in [1.165, 1.54) is 0 Å². The van der Waals surface area contributed by atoms with E-state index in [4.69, 9.17) is 0 Å². The van der Waals surface area contributed by atoms with Gasteiger partial charge in [0, 0.05) is 20.6 Å². The fourth-order valence-corrected chi connectivity index (χ4v) is 3.49. The number of aromatic nitrogens is 4. The fraction of sp³-hybridized carbons (Fsp3) is 0.556. The molecule has 140 valence electrons. The second-order valence-corrected chi connectivity index (χ2v) is 6.93. The van der Waals surface area contributed by atoms with Crippen LogP contribution in [0.5, 0.6) is 0 Å². The largest absolute Gasteiger partial charge is 0.354 e. The maximum Gasteiger partial charge on any atom is 0.273 e. The summed E-state index contributed by atoms with van der Waals surface area (Å²) in [4.78, 5) is 27.6. The van der Waals surface area contributed by atoms with E-state index < -0.39 is 6.04 Å². The maximum atomic E-state index is 13.3. The van der Waals surface area contributed by atoms with Crippen LogP contribution in [-0.4, -0.2) is 48.9 Å². The van der Waals surface area contributed by atoms with Gasteiger partial charge in [-0.15, -0.1) is 0 Å². The van der Waals surface area contributed by atoms with E-state index in [1.54, 1.807) is 27.4 Å². The van der Waals surface area contributed by atoms with Crippen molar-refractivity contribution in [2.24, 2.45) is 14.1 Å². The molecule has 1 aliphatic rings. The van der Waals surface area contributed by atoms with Crippen molar-refractivity contribution in [3.8, 4) is 0 Å². The fourth-order valence-electron chi connectivity index (χ4n) is 3.49. The van der Waals surface area contributed by atoms with Gasteiger partial charge in [-0.25, -0.2) is 0 Å². The molecule has 2 amide bonds. The van der Waals surface area contributed by atoms with Crippen LogP contribution < -0.4 is 5.32 Å². The van der Waals surface area contributed by atoms with Gasteiger partial charge in [-0.05, 0) is 45.2 Å². The van der Waals surface area contributed by atoms with E-state index in [0.717, 1.165) is 29.9 Å². The first-order chi connectivity index (χ1) is 12.4. The number of hydrogen-bond acceptors (Lipinski definition) is 4. The maximum absolute atomic E-state index is 13.3. The van der Waals surface area contributed by atoms with Gasteiger partial charge in [0.05, 0.1) is 23.6 Å². The Labute approximate surface area is 153 Å². The summed E-state index contributed by atoms with van der Waals surface area (Å²) < 4.78 is 3.34. The molecule has 2 aromatic heterocycles. The third kappa shape index (κ3) is 3.63. The van der Waals surface area contributed by atoms with E-state index >= 15 is 0 Å². The van der Waals surface area contributed by atoms with Gasteiger partial charge in [-0.2, -0.15) is 10.2 Å². The Morgan fingerprint density at radius 1 is 1.19 bits per heavy atom. The molecule has 2 aromatic rings. The van der Waals surface area contributed by atoms with Crippen LogP contribution in [0.15, 0.2) is 12.1 Å². The van der Waals surface area contributed by atoms with Crippen molar-refractivity contribution >= 4 is 11.8 Å². The van der Waals surface area contributed by atoms with Gasteiger partial charge >= 0.3 is 0 Å². The zero-order chi connectivity index (χ0) is 18.8. The Morgan fingerprint density at radius 2 is 1.88 bits per heavy atom. The molecule has 1 N–H and O–H groups in total. The number of carbonyl (C=O) groups excluding carboxylic acids is 2. The summed E-state index contributed by atoms with van der Waals surface area (Å²) in [6.45, 7) is 4.76. The minimum Gasteiger partial charge on any atom is -0.354 e. The quantitative estimate of drug-likeness (QED) is 0.886. The van der Waals surface area contributed by atoms with Gasteiger partial charge in [0.2, 0.25) is 5.91 Å². The van der Waals surface area contributed by atoms with Gasteiger partial charge in [0.25, 0.3) is 5.91 Å². The summed E-state index contributed by atoms with van der Waals surface area (Å²) in [6.07, 6.45) is 2.49. The number of hydrogen-bond donors (Lipinski definition) is 1. The Morgan fingerprint density at radius 3 is 2.50 bits per heavy atom. The first-order valence-electron chi connectivity index (χ1n) is 8.95. The lowest BCUT2D eigenvalue weighted by Crippen LogP contribution is -2.48. The molecule has 26 heavy (non-hydrogen) atoms. The Kier molecular flexibility index (Phi) is 5.11. The average Bonchev–Trinajstić information content (AvgIpc) is 2.99. The smallest absolute Gasteiger partial charge is 0.273 e. The molecule has 0 saturated carbocycles. The van der Waals surface area contributed by atoms with Crippen LogP contribution in [0.3, 0.4) is 0 Å². The van der Waals surface area contributed by atoms with Crippen LogP contribution in [-0.2, 0) is 25.4 Å². The van der Waals surface area contributed by atoms with Crippen molar-refractivity contribution in [1.82, 2.24) is 29.8 Å². The average molecular weight is 358 g/mol. The normalized spacial score (nSPS) is 17.7. The molecule has 1 atom stereocenters. The van der Waals surface area contributed by atoms with Crippen LogP contribution in [0, 0.1) is 13.8 Å². The molecule has 1 fully saturated rings. The van der Waals surface area contributed by atoms with Gasteiger partial charge in [-0.3, -0.25) is 19.0 Å². The SMILES string of the molecule is Cc1cc(CN(C(=O)c2cc(C)nn2C)[C@H]2CCCCNC2=O)n(C)n1. The molecule has 8 nitrogen and oxygen atoms in total.